The smallest absolute Gasteiger partial charge is 0.219 e. The average molecular weight is 492 g/mol. The Balaban J connectivity index is 1.52. The molecule has 2 aromatic heterocycles. The van der Waals surface area contributed by atoms with Crippen molar-refractivity contribution in [1.82, 2.24) is 9.97 Å². The number of rotatable bonds is 7. The maximum Gasteiger partial charge on any atom is 0.219 e. The van der Waals surface area contributed by atoms with Crippen molar-refractivity contribution in [2.45, 2.75) is 17.9 Å². The number of nitrogens with one attached hydrogen (secondary N) is 1. The predicted octanol–water partition coefficient (Wildman–Crippen LogP) is 5.31. The molecule has 0 fully saturated rings. The number of fused-ring (bicyclic) bond motifs is 2. The van der Waals surface area contributed by atoms with Crippen molar-refractivity contribution in [2.75, 3.05) is 35.6 Å². The molecule has 2 aromatic carbocycles. The van der Waals surface area contributed by atoms with Crippen molar-refractivity contribution < 1.29 is 13.8 Å². The fourth-order valence-electron chi connectivity index (χ4n) is 4.20. The van der Waals surface area contributed by atoms with Gasteiger partial charge in [-0.05, 0) is 48.9 Å². The Labute approximate surface area is 206 Å². The first kappa shape index (κ1) is 23.4. The Hall–Kier alpha value is -3.37. The summed E-state index contributed by atoms with van der Waals surface area (Å²) in [6.07, 6.45) is 2.53. The molecule has 8 nitrogen and oxygen atoms in total. The van der Waals surface area contributed by atoms with Crippen LogP contribution in [0.1, 0.15) is 12.0 Å². The van der Waals surface area contributed by atoms with E-state index >= 15 is 0 Å². The molecule has 4 aromatic rings. The van der Waals surface area contributed by atoms with Crippen molar-refractivity contribution in [2.24, 2.45) is 5.73 Å². The number of ether oxygens (including phenoxy) is 1. The molecule has 3 heterocycles. The van der Waals surface area contributed by atoms with E-state index < -0.39 is 10.6 Å². The van der Waals surface area contributed by atoms with E-state index in [9.17, 15) is 9.11 Å². The highest BCUT2D eigenvalue weighted by Crippen LogP contribution is 2.51. The van der Waals surface area contributed by atoms with Gasteiger partial charge in [-0.3, -0.25) is 9.11 Å². The van der Waals surface area contributed by atoms with Gasteiger partial charge in [-0.25, -0.2) is 9.97 Å². The van der Waals surface area contributed by atoms with E-state index in [-0.39, 0.29) is 5.75 Å². The van der Waals surface area contributed by atoms with Gasteiger partial charge in [0.2, 0.25) is 5.88 Å². The fraction of sp³-hybridized carbons (Fsp3) is 0.231. The number of nitrogens with two attached hydrogens (primary N) is 1. The van der Waals surface area contributed by atoms with Crippen LogP contribution in [0, 0.1) is 0 Å². The van der Waals surface area contributed by atoms with Gasteiger partial charge in [0, 0.05) is 49.0 Å². The van der Waals surface area contributed by atoms with Crippen LogP contribution in [0.25, 0.3) is 10.9 Å². The summed E-state index contributed by atoms with van der Waals surface area (Å²) in [5, 5.41) is 4.43. The van der Waals surface area contributed by atoms with Crippen molar-refractivity contribution in [1.29, 1.82) is 0 Å². The number of aromatic nitrogens is 2. The molecule has 182 valence electrons. The van der Waals surface area contributed by atoms with E-state index in [1.54, 1.807) is 6.20 Å². The number of pyridine rings is 2. The van der Waals surface area contributed by atoms with Gasteiger partial charge in [0.25, 0.3) is 0 Å². The van der Waals surface area contributed by atoms with Crippen LogP contribution >= 0.6 is 10.6 Å². The van der Waals surface area contributed by atoms with Crippen LogP contribution in [0.2, 0.25) is 0 Å². The summed E-state index contributed by atoms with van der Waals surface area (Å²) in [4.78, 5) is 11.9. The molecule has 0 saturated carbocycles. The average Bonchev–Trinajstić information content (AvgIpc) is 3.01. The maximum atomic E-state index is 10.7. The third kappa shape index (κ3) is 5.18. The standard InChI is InChI=1S/C26H29N5O3S/c27-11-5-13-28-23-17-25(31-14-15-35(32,33)24-7-2-1-6-19(24)18-31)30-22-10-9-20(16-21(22)23)34-26-8-3-4-12-29-26/h1-4,6-10,12,16-17,32-33H,5,11,13-15,18,27H2,(H,28,30). The molecule has 0 radical (unpaired) electrons. The largest absolute Gasteiger partial charge is 0.439 e. The molecule has 0 atom stereocenters. The van der Waals surface area contributed by atoms with Gasteiger partial charge in [-0.1, -0.05) is 24.3 Å². The zero-order chi connectivity index (χ0) is 24.3. The van der Waals surface area contributed by atoms with Gasteiger partial charge in [-0.15, -0.1) is 0 Å². The van der Waals surface area contributed by atoms with Crippen molar-refractivity contribution in [3.05, 3.63) is 78.5 Å². The highest BCUT2D eigenvalue weighted by atomic mass is 32.3. The molecule has 9 heteroatoms. The molecule has 0 spiro atoms. The zero-order valence-electron chi connectivity index (χ0n) is 19.3. The lowest BCUT2D eigenvalue weighted by atomic mass is 10.1. The second-order valence-corrected chi connectivity index (χ2v) is 10.6. The van der Waals surface area contributed by atoms with Crippen molar-refractivity contribution >= 4 is 33.0 Å². The second kappa shape index (κ2) is 10.1. The quantitative estimate of drug-likeness (QED) is 0.257. The van der Waals surface area contributed by atoms with Gasteiger partial charge in [-0.2, -0.15) is 10.6 Å². The van der Waals surface area contributed by atoms with Gasteiger partial charge >= 0.3 is 0 Å². The molecule has 5 N–H and O–H groups in total. The first-order valence-electron chi connectivity index (χ1n) is 11.6. The lowest BCUT2D eigenvalue weighted by Crippen LogP contribution is -2.26. The number of benzene rings is 2. The molecule has 0 amide bonds. The van der Waals surface area contributed by atoms with E-state index in [2.05, 4.69) is 15.2 Å². The highest BCUT2D eigenvalue weighted by Gasteiger charge is 2.26. The molecule has 0 saturated heterocycles. The topological polar surface area (TPSA) is 117 Å². The van der Waals surface area contributed by atoms with Crippen molar-refractivity contribution in [3.8, 4) is 11.6 Å². The van der Waals surface area contributed by atoms with Crippen LogP contribution in [0.5, 0.6) is 11.6 Å². The van der Waals surface area contributed by atoms with Gasteiger partial charge in [0.15, 0.2) is 0 Å². The SMILES string of the molecule is NCCCNc1cc(N2CCS(O)(O)c3ccccc3C2)nc2ccc(Oc3ccccn3)cc12. The van der Waals surface area contributed by atoms with Crippen molar-refractivity contribution in [3.63, 3.8) is 0 Å². The summed E-state index contributed by atoms with van der Waals surface area (Å²) in [5.74, 6) is 2.23. The molecular weight excluding hydrogens is 462 g/mol. The number of anilines is 2. The van der Waals surface area contributed by atoms with Gasteiger partial charge in [0.1, 0.15) is 11.6 Å². The predicted molar refractivity (Wildman–Crippen MR) is 142 cm³/mol. The molecular formula is C26H29N5O3S. The molecule has 1 aliphatic rings. The van der Waals surface area contributed by atoms with E-state index in [0.717, 1.165) is 40.9 Å². The molecule has 5 rings (SSSR count). The van der Waals surface area contributed by atoms with Crippen LogP contribution in [0.15, 0.2) is 77.8 Å². The van der Waals surface area contributed by atoms with Crippen LogP contribution in [0.4, 0.5) is 11.5 Å². The highest BCUT2D eigenvalue weighted by molar-refractivity contribution is 8.24. The molecule has 0 unspecified atom stereocenters. The number of hydrogen-bond donors (Lipinski definition) is 4. The Morgan fingerprint density at radius 1 is 1.06 bits per heavy atom. The molecule has 0 aliphatic carbocycles. The van der Waals surface area contributed by atoms with E-state index in [1.807, 2.05) is 66.7 Å². The van der Waals surface area contributed by atoms with Gasteiger partial charge < -0.3 is 20.7 Å². The minimum atomic E-state index is -2.85. The monoisotopic (exact) mass is 491 g/mol. The Morgan fingerprint density at radius 2 is 1.91 bits per heavy atom. The third-order valence-corrected chi connectivity index (χ3v) is 7.83. The molecule has 35 heavy (non-hydrogen) atoms. The minimum Gasteiger partial charge on any atom is -0.439 e. The van der Waals surface area contributed by atoms with E-state index in [1.165, 1.54) is 0 Å². The van der Waals surface area contributed by atoms with Crippen LogP contribution in [-0.4, -0.2) is 44.5 Å². The summed E-state index contributed by atoms with van der Waals surface area (Å²) < 4.78 is 27.4. The maximum absolute atomic E-state index is 10.7. The lowest BCUT2D eigenvalue weighted by molar-refractivity contribution is 0.463. The number of hydrogen-bond acceptors (Lipinski definition) is 8. The normalized spacial score (nSPS) is 15.8. The summed E-state index contributed by atoms with van der Waals surface area (Å²) in [7, 11) is -2.85. The first-order chi connectivity index (χ1) is 17.0. The second-order valence-electron chi connectivity index (χ2n) is 8.45. The third-order valence-electron chi connectivity index (χ3n) is 5.98. The molecule has 0 bridgehead atoms. The summed E-state index contributed by atoms with van der Waals surface area (Å²) in [6.45, 7) is 2.35. The van der Waals surface area contributed by atoms with Gasteiger partial charge in [0.05, 0.1) is 16.2 Å². The zero-order valence-corrected chi connectivity index (χ0v) is 20.1. The summed E-state index contributed by atoms with van der Waals surface area (Å²) >= 11 is 0. The Bertz CT molecular complexity index is 1320. The van der Waals surface area contributed by atoms with Crippen LogP contribution in [0.3, 0.4) is 0 Å². The van der Waals surface area contributed by atoms with E-state index in [4.69, 9.17) is 15.5 Å². The van der Waals surface area contributed by atoms with Crippen LogP contribution < -0.4 is 20.7 Å². The Kier molecular flexibility index (Phi) is 6.74. The Morgan fingerprint density at radius 3 is 2.74 bits per heavy atom. The van der Waals surface area contributed by atoms with Crippen LogP contribution in [-0.2, 0) is 6.54 Å². The number of nitrogens with zero attached hydrogens (tertiary/aromatic N) is 3. The van der Waals surface area contributed by atoms with E-state index in [0.29, 0.717) is 36.2 Å². The lowest BCUT2D eigenvalue weighted by Gasteiger charge is -2.32. The summed E-state index contributed by atoms with van der Waals surface area (Å²) in [5.41, 5.74) is 8.36. The summed E-state index contributed by atoms with van der Waals surface area (Å²) in [6, 6.07) is 20.9. The first-order valence-corrected chi connectivity index (χ1v) is 13.3. The fourth-order valence-corrected chi connectivity index (χ4v) is 5.74. The molecule has 1 aliphatic heterocycles. The minimum absolute atomic E-state index is 0.260.